The SMILES string of the molecule is CC(C)CN1CCCC(CN)(N(C)C)C1. The molecule has 1 fully saturated rings. The minimum Gasteiger partial charge on any atom is -0.329 e. The van der Waals surface area contributed by atoms with Crippen LogP contribution in [0.15, 0.2) is 0 Å². The van der Waals surface area contributed by atoms with E-state index < -0.39 is 0 Å². The summed E-state index contributed by atoms with van der Waals surface area (Å²) < 4.78 is 0. The maximum atomic E-state index is 5.96. The van der Waals surface area contributed by atoms with Gasteiger partial charge in [0.2, 0.25) is 0 Å². The van der Waals surface area contributed by atoms with Crippen molar-refractivity contribution in [3.05, 3.63) is 0 Å². The van der Waals surface area contributed by atoms with E-state index in [-0.39, 0.29) is 5.54 Å². The molecule has 1 aliphatic rings. The van der Waals surface area contributed by atoms with E-state index in [9.17, 15) is 0 Å². The molecule has 1 saturated heterocycles. The molecule has 90 valence electrons. The molecule has 1 aliphatic heterocycles. The molecule has 1 heterocycles. The van der Waals surface area contributed by atoms with Crippen LogP contribution in [-0.4, -0.2) is 55.6 Å². The first-order chi connectivity index (χ1) is 7.00. The number of likely N-dealkylation sites (tertiary alicyclic amines) is 1. The van der Waals surface area contributed by atoms with Gasteiger partial charge in [0, 0.05) is 25.2 Å². The molecule has 1 atom stereocenters. The van der Waals surface area contributed by atoms with E-state index in [0.717, 1.165) is 19.0 Å². The van der Waals surface area contributed by atoms with E-state index in [1.54, 1.807) is 0 Å². The Labute approximate surface area is 94.6 Å². The van der Waals surface area contributed by atoms with Crippen LogP contribution in [0.4, 0.5) is 0 Å². The minimum atomic E-state index is 0.215. The molecule has 15 heavy (non-hydrogen) atoms. The summed E-state index contributed by atoms with van der Waals surface area (Å²) in [6, 6.07) is 0. The quantitative estimate of drug-likeness (QED) is 0.756. The molecule has 1 unspecified atom stereocenters. The van der Waals surface area contributed by atoms with Crippen LogP contribution in [0.2, 0.25) is 0 Å². The van der Waals surface area contributed by atoms with Crippen LogP contribution in [0.3, 0.4) is 0 Å². The highest BCUT2D eigenvalue weighted by Crippen LogP contribution is 2.25. The zero-order valence-corrected chi connectivity index (χ0v) is 10.8. The first-order valence-electron chi connectivity index (χ1n) is 6.10. The summed E-state index contributed by atoms with van der Waals surface area (Å²) in [5.74, 6) is 0.751. The summed E-state index contributed by atoms with van der Waals surface area (Å²) in [5, 5.41) is 0. The Kier molecular flexibility index (Phi) is 4.56. The number of hydrogen-bond donors (Lipinski definition) is 1. The summed E-state index contributed by atoms with van der Waals surface area (Å²) in [5.41, 5.74) is 6.18. The molecule has 0 saturated carbocycles. The zero-order chi connectivity index (χ0) is 11.5. The number of nitrogens with two attached hydrogens (primary N) is 1. The van der Waals surface area contributed by atoms with Gasteiger partial charge < -0.3 is 15.5 Å². The summed E-state index contributed by atoms with van der Waals surface area (Å²) in [7, 11) is 4.32. The molecule has 0 amide bonds. The van der Waals surface area contributed by atoms with Crippen molar-refractivity contribution < 1.29 is 0 Å². The lowest BCUT2D eigenvalue weighted by molar-refractivity contribution is 0.0450. The Morgan fingerprint density at radius 1 is 1.40 bits per heavy atom. The Balaban J connectivity index is 2.60. The standard InChI is InChI=1S/C12H27N3/c1-11(2)8-15-7-5-6-12(9-13,10-15)14(3)4/h11H,5-10,13H2,1-4H3. The van der Waals surface area contributed by atoms with Crippen molar-refractivity contribution in [1.29, 1.82) is 0 Å². The number of rotatable bonds is 4. The molecule has 0 radical (unpaired) electrons. The summed E-state index contributed by atoms with van der Waals surface area (Å²) in [6.45, 7) is 8.93. The van der Waals surface area contributed by atoms with E-state index in [1.807, 2.05) is 0 Å². The van der Waals surface area contributed by atoms with Crippen LogP contribution in [0.1, 0.15) is 26.7 Å². The normalized spacial score (nSPS) is 29.0. The van der Waals surface area contributed by atoms with Crippen molar-refractivity contribution in [2.75, 3.05) is 40.3 Å². The van der Waals surface area contributed by atoms with Crippen molar-refractivity contribution in [2.45, 2.75) is 32.2 Å². The average Bonchev–Trinajstić information content (AvgIpc) is 2.16. The largest absolute Gasteiger partial charge is 0.329 e. The third kappa shape index (κ3) is 3.16. The Morgan fingerprint density at radius 2 is 2.07 bits per heavy atom. The maximum Gasteiger partial charge on any atom is 0.0453 e. The number of nitrogens with zero attached hydrogens (tertiary/aromatic N) is 2. The molecule has 0 aromatic rings. The van der Waals surface area contributed by atoms with Gasteiger partial charge in [-0.05, 0) is 39.4 Å². The van der Waals surface area contributed by atoms with Crippen LogP contribution >= 0.6 is 0 Å². The fourth-order valence-electron chi connectivity index (χ4n) is 2.59. The molecule has 1 rings (SSSR count). The zero-order valence-electron chi connectivity index (χ0n) is 10.8. The Bertz CT molecular complexity index is 191. The van der Waals surface area contributed by atoms with Crippen LogP contribution in [0.5, 0.6) is 0 Å². The molecule has 0 aromatic heterocycles. The number of piperidine rings is 1. The van der Waals surface area contributed by atoms with Gasteiger partial charge >= 0.3 is 0 Å². The van der Waals surface area contributed by atoms with E-state index in [2.05, 4.69) is 37.7 Å². The minimum absolute atomic E-state index is 0.215. The molecule has 0 aliphatic carbocycles. The number of likely N-dealkylation sites (N-methyl/N-ethyl adjacent to an activating group) is 1. The molecular weight excluding hydrogens is 186 g/mol. The average molecular weight is 213 g/mol. The van der Waals surface area contributed by atoms with E-state index in [4.69, 9.17) is 5.73 Å². The fourth-order valence-corrected chi connectivity index (χ4v) is 2.59. The monoisotopic (exact) mass is 213 g/mol. The number of hydrogen-bond acceptors (Lipinski definition) is 3. The van der Waals surface area contributed by atoms with E-state index in [0.29, 0.717) is 0 Å². The molecular formula is C12H27N3. The summed E-state index contributed by atoms with van der Waals surface area (Å²) in [4.78, 5) is 4.89. The molecule has 3 nitrogen and oxygen atoms in total. The third-order valence-corrected chi connectivity index (χ3v) is 3.59. The maximum absolute atomic E-state index is 5.96. The fraction of sp³-hybridized carbons (Fsp3) is 1.00. The van der Waals surface area contributed by atoms with Crippen LogP contribution in [0.25, 0.3) is 0 Å². The van der Waals surface area contributed by atoms with Crippen molar-refractivity contribution >= 4 is 0 Å². The van der Waals surface area contributed by atoms with Crippen molar-refractivity contribution in [3.8, 4) is 0 Å². The van der Waals surface area contributed by atoms with Gasteiger partial charge in [-0.2, -0.15) is 0 Å². The Morgan fingerprint density at radius 3 is 2.53 bits per heavy atom. The predicted octanol–water partition coefficient (Wildman–Crippen LogP) is 0.997. The molecule has 0 bridgehead atoms. The van der Waals surface area contributed by atoms with Gasteiger partial charge in [0.1, 0.15) is 0 Å². The second kappa shape index (κ2) is 5.28. The van der Waals surface area contributed by atoms with Gasteiger partial charge in [-0.1, -0.05) is 13.8 Å². The lowest BCUT2D eigenvalue weighted by Gasteiger charge is -2.47. The van der Waals surface area contributed by atoms with Gasteiger partial charge in [-0.25, -0.2) is 0 Å². The van der Waals surface area contributed by atoms with Crippen molar-refractivity contribution in [3.63, 3.8) is 0 Å². The summed E-state index contributed by atoms with van der Waals surface area (Å²) in [6.07, 6.45) is 2.52. The predicted molar refractivity (Wildman–Crippen MR) is 66.0 cm³/mol. The second-order valence-electron chi connectivity index (χ2n) is 5.56. The first kappa shape index (κ1) is 12.9. The highest BCUT2D eigenvalue weighted by molar-refractivity contribution is 4.95. The highest BCUT2D eigenvalue weighted by atomic mass is 15.2. The van der Waals surface area contributed by atoms with Crippen molar-refractivity contribution in [2.24, 2.45) is 11.7 Å². The lowest BCUT2D eigenvalue weighted by atomic mass is 9.87. The van der Waals surface area contributed by atoms with Gasteiger partial charge in [-0.15, -0.1) is 0 Å². The van der Waals surface area contributed by atoms with Gasteiger partial charge in [0.05, 0.1) is 0 Å². The van der Waals surface area contributed by atoms with Gasteiger partial charge in [0.25, 0.3) is 0 Å². The Hall–Kier alpha value is -0.120. The third-order valence-electron chi connectivity index (χ3n) is 3.59. The molecule has 0 spiro atoms. The van der Waals surface area contributed by atoms with Crippen LogP contribution < -0.4 is 5.73 Å². The van der Waals surface area contributed by atoms with Crippen molar-refractivity contribution in [1.82, 2.24) is 9.80 Å². The van der Waals surface area contributed by atoms with Gasteiger partial charge in [0.15, 0.2) is 0 Å². The van der Waals surface area contributed by atoms with E-state index in [1.165, 1.54) is 25.9 Å². The molecule has 3 heteroatoms. The van der Waals surface area contributed by atoms with Crippen LogP contribution in [-0.2, 0) is 0 Å². The first-order valence-corrected chi connectivity index (χ1v) is 6.10. The van der Waals surface area contributed by atoms with E-state index >= 15 is 0 Å². The lowest BCUT2D eigenvalue weighted by Crippen LogP contribution is -2.60. The summed E-state index contributed by atoms with van der Waals surface area (Å²) >= 11 is 0. The molecule has 0 aromatic carbocycles. The smallest absolute Gasteiger partial charge is 0.0453 e. The second-order valence-corrected chi connectivity index (χ2v) is 5.56. The highest BCUT2D eigenvalue weighted by Gasteiger charge is 2.36. The van der Waals surface area contributed by atoms with Crippen LogP contribution in [0, 0.1) is 5.92 Å². The van der Waals surface area contributed by atoms with Gasteiger partial charge in [-0.3, -0.25) is 0 Å². The topological polar surface area (TPSA) is 32.5 Å². The molecule has 2 N–H and O–H groups in total.